The van der Waals surface area contributed by atoms with E-state index in [1.165, 1.54) is 4.70 Å². The summed E-state index contributed by atoms with van der Waals surface area (Å²) in [5, 5.41) is 3.85. The van der Waals surface area contributed by atoms with Crippen molar-refractivity contribution in [1.82, 2.24) is 10.3 Å². The Morgan fingerprint density at radius 3 is 2.74 bits per heavy atom. The lowest BCUT2D eigenvalue weighted by Gasteiger charge is -2.17. The van der Waals surface area contributed by atoms with Gasteiger partial charge in [0.1, 0.15) is 0 Å². The molecule has 1 heterocycles. The van der Waals surface area contributed by atoms with Crippen LogP contribution in [0.5, 0.6) is 0 Å². The van der Waals surface area contributed by atoms with Gasteiger partial charge in [0.25, 0.3) is 0 Å². The largest absolute Gasteiger partial charge is 0.354 e. The molecule has 0 fully saturated rings. The van der Waals surface area contributed by atoms with Gasteiger partial charge in [0.2, 0.25) is 5.91 Å². The molecule has 3 N–H and O–H groups in total. The molecular weight excluding hydrogens is 282 g/mol. The maximum Gasteiger partial charge on any atom is 0.239 e. The summed E-state index contributed by atoms with van der Waals surface area (Å²) in [5.41, 5.74) is 5.89. The molecule has 1 aromatic heterocycles. The predicted molar refractivity (Wildman–Crippen MR) is 81.8 cm³/mol. The number of aromatic nitrogens is 1. The van der Waals surface area contributed by atoms with E-state index in [1.54, 1.807) is 25.2 Å². The predicted octanol–water partition coefficient (Wildman–Crippen LogP) is 2.11. The highest BCUT2D eigenvalue weighted by Gasteiger charge is 2.20. The number of rotatable bonds is 4. The van der Waals surface area contributed by atoms with Crippen molar-refractivity contribution in [1.29, 1.82) is 0 Å². The third kappa shape index (κ3) is 4.16. The molecule has 6 heteroatoms. The monoisotopic (exact) mass is 299 g/mol. The van der Waals surface area contributed by atoms with Gasteiger partial charge in [0, 0.05) is 13.0 Å². The molecule has 0 radical (unpaired) electrons. The van der Waals surface area contributed by atoms with Crippen LogP contribution < -0.4 is 11.1 Å². The van der Waals surface area contributed by atoms with Crippen molar-refractivity contribution >= 4 is 39.9 Å². The molecular formula is C13H18ClN3OS. The summed E-state index contributed by atoms with van der Waals surface area (Å²) in [6.45, 7) is 3.96. The van der Waals surface area contributed by atoms with E-state index in [1.807, 2.05) is 18.2 Å². The molecule has 19 heavy (non-hydrogen) atoms. The Morgan fingerprint density at radius 2 is 2.11 bits per heavy atom. The van der Waals surface area contributed by atoms with Crippen LogP contribution in [0.2, 0.25) is 0 Å². The van der Waals surface area contributed by atoms with Crippen LogP contribution in [0.15, 0.2) is 24.3 Å². The average Bonchev–Trinajstić information content (AvgIpc) is 2.70. The number of hydrogen-bond acceptors (Lipinski definition) is 4. The molecule has 0 aliphatic heterocycles. The molecule has 1 amide bonds. The van der Waals surface area contributed by atoms with Crippen molar-refractivity contribution in [3.8, 4) is 0 Å². The molecule has 2 rings (SSSR count). The third-order valence-electron chi connectivity index (χ3n) is 2.55. The first-order valence-corrected chi connectivity index (χ1v) is 6.70. The Morgan fingerprint density at radius 1 is 1.42 bits per heavy atom. The van der Waals surface area contributed by atoms with E-state index >= 15 is 0 Å². The summed E-state index contributed by atoms with van der Waals surface area (Å²) in [7, 11) is 0. The lowest BCUT2D eigenvalue weighted by Crippen LogP contribution is -2.49. The van der Waals surface area contributed by atoms with Crippen LogP contribution in [0.3, 0.4) is 0 Å². The standard InChI is InChI=1S/C13H17N3OS.ClH/c1-13(2,14)12(17)15-8-7-11-16-9-5-3-4-6-10(9)18-11;/h3-6H,7-8,14H2,1-2H3,(H,15,17);1H. The number of halogens is 1. The number of benzene rings is 1. The van der Waals surface area contributed by atoms with Crippen molar-refractivity contribution in [3.05, 3.63) is 29.3 Å². The van der Waals surface area contributed by atoms with Gasteiger partial charge < -0.3 is 11.1 Å². The first kappa shape index (κ1) is 15.9. The lowest BCUT2D eigenvalue weighted by molar-refractivity contribution is -0.125. The van der Waals surface area contributed by atoms with Crippen molar-refractivity contribution in [2.45, 2.75) is 25.8 Å². The summed E-state index contributed by atoms with van der Waals surface area (Å²) in [4.78, 5) is 16.1. The zero-order valence-corrected chi connectivity index (χ0v) is 12.6. The van der Waals surface area contributed by atoms with Gasteiger partial charge in [-0.15, -0.1) is 23.7 Å². The van der Waals surface area contributed by atoms with Gasteiger partial charge in [-0.3, -0.25) is 4.79 Å². The van der Waals surface area contributed by atoms with Gasteiger partial charge in [0.05, 0.1) is 20.8 Å². The van der Waals surface area contributed by atoms with Crippen LogP contribution in [0.1, 0.15) is 18.9 Å². The molecule has 0 saturated heterocycles. The summed E-state index contributed by atoms with van der Waals surface area (Å²) >= 11 is 1.66. The molecule has 0 spiro atoms. The van der Waals surface area contributed by atoms with Crippen molar-refractivity contribution in [2.24, 2.45) is 5.73 Å². The minimum Gasteiger partial charge on any atom is -0.354 e. The first-order chi connectivity index (χ1) is 8.47. The van der Waals surface area contributed by atoms with Crippen LogP contribution >= 0.6 is 23.7 Å². The molecule has 104 valence electrons. The smallest absolute Gasteiger partial charge is 0.239 e. The lowest BCUT2D eigenvalue weighted by atomic mass is 10.1. The second kappa shape index (κ2) is 6.32. The number of nitrogens with one attached hydrogen (secondary N) is 1. The van der Waals surface area contributed by atoms with Gasteiger partial charge in [-0.1, -0.05) is 12.1 Å². The number of hydrogen-bond donors (Lipinski definition) is 2. The third-order valence-corrected chi connectivity index (χ3v) is 3.64. The van der Waals surface area contributed by atoms with Crippen LogP contribution in [-0.2, 0) is 11.2 Å². The first-order valence-electron chi connectivity index (χ1n) is 5.88. The summed E-state index contributed by atoms with van der Waals surface area (Å²) in [6.07, 6.45) is 0.737. The van der Waals surface area contributed by atoms with Gasteiger partial charge in [-0.25, -0.2) is 4.98 Å². The summed E-state index contributed by atoms with van der Waals surface area (Å²) in [5.74, 6) is -0.136. The molecule has 0 aliphatic rings. The topological polar surface area (TPSA) is 68.0 Å². The van der Waals surface area contributed by atoms with Crippen molar-refractivity contribution in [3.63, 3.8) is 0 Å². The quantitative estimate of drug-likeness (QED) is 0.908. The van der Waals surface area contributed by atoms with Crippen LogP contribution in [-0.4, -0.2) is 23.0 Å². The molecule has 0 bridgehead atoms. The normalized spacial score (nSPS) is 11.1. The molecule has 0 saturated carbocycles. The Kier molecular flexibility index (Phi) is 5.29. The fourth-order valence-corrected chi connectivity index (χ4v) is 2.50. The second-order valence-electron chi connectivity index (χ2n) is 4.80. The minimum atomic E-state index is -0.826. The molecule has 0 atom stereocenters. The number of nitrogens with two attached hydrogens (primary N) is 1. The van der Waals surface area contributed by atoms with E-state index in [0.29, 0.717) is 6.54 Å². The van der Waals surface area contributed by atoms with Gasteiger partial charge >= 0.3 is 0 Å². The molecule has 0 aliphatic carbocycles. The number of thiazole rings is 1. The molecule has 4 nitrogen and oxygen atoms in total. The number of amides is 1. The van der Waals surface area contributed by atoms with Crippen LogP contribution in [0.25, 0.3) is 10.2 Å². The maximum absolute atomic E-state index is 11.6. The summed E-state index contributed by atoms with van der Waals surface area (Å²) in [6, 6.07) is 8.03. The minimum absolute atomic E-state index is 0. The van der Waals surface area contributed by atoms with Gasteiger partial charge in [-0.2, -0.15) is 0 Å². The number of para-hydroxylation sites is 1. The Bertz CT molecular complexity index is 529. The van der Waals surface area contributed by atoms with Crippen LogP contribution in [0, 0.1) is 0 Å². The van der Waals surface area contributed by atoms with E-state index in [9.17, 15) is 4.79 Å². The average molecular weight is 300 g/mol. The van der Waals surface area contributed by atoms with E-state index < -0.39 is 5.54 Å². The fourth-order valence-electron chi connectivity index (χ4n) is 1.54. The van der Waals surface area contributed by atoms with Gasteiger partial charge in [0.15, 0.2) is 0 Å². The van der Waals surface area contributed by atoms with Crippen LogP contribution in [0.4, 0.5) is 0 Å². The summed E-state index contributed by atoms with van der Waals surface area (Å²) < 4.78 is 1.18. The molecule has 1 aromatic carbocycles. The SMILES string of the molecule is CC(C)(N)C(=O)NCCc1nc2ccccc2s1.Cl. The Hall–Kier alpha value is -1.17. The highest BCUT2D eigenvalue weighted by Crippen LogP contribution is 2.21. The fraction of sp³-hybridized carbons (Fsp3) is 0.385. The Labute approximate surface area is 122 Å². The highest BCUT2D eigenvalue weighted by atomic mass is 35.5. The maximum atomic E-state index is 11.6. The van der Waals surface area contributed by atoms with E-state index in [2.05, 4.69) is 16.4 Å². The number of carbonyl (C=O) groups excluding carboxylic acids is 1. The number of nitrogens with zero attached hydrogens (tertiary/aromatic N) is 1. The Balaban J connectivity index is 0.00000180. The second-order valence-corrected chi connectivity index (χ2v) is 5.92. The van der Waals surface area contributed by atoms with Gasteiger partial charge in [-0.05, 0) is 26.0 Å². The van der Waals surface area contributed by atoms with Crippen molar-refractivity contribution < 1.29 is 4.79 Å². The van der Waals surface area contributed by atoms with E-state index in [0.717, 1.165) is 16.9 Å². The zero-order valence-electron chi connectivity index (χ0n) is 11.0. The number of carbonyl (C=O) groups is 1. The van der Waals surface area contributed by atoms with E-state index in [-0.39, 0.29) is 18.3 Å². The zero-order chi connectivity index (χ0) is 13.2. The van der Waals surface area contributed by atoms with Crippen molar-refractivity contribution in [2.75, 3.05) is 6.54 Å². The molecule has 2 aromatic rings. The molecule has 0 unspecified atom stereocenters. The number of fused-ring (bicyclic) bond motifs is 1. The highest BCUT2D eigenvalue weighted by molar-refractivity contribution is 7.18. The van der Waals surface area contributed by atoms with E-state index in [4.69, 9.17) is 5.73 Å².